The Bertz CT molecular complexity index is 1170. The van der Waals surface area contributed by atoms with Crippen LogP contribution in [0.2, 0.25) is 0 Å². The highest BCUT2D eigenvalue weighted by molar-refractivity contribution is 5.76. The molecule has 42 heavy (non-hydrogen) atoms. The predicted octanol–water partition coefficient (Wildman–Crippen LogP) is 6.97. The SMILES string of the molecule is COC1C[C@@]2(C)[C@@H](CC[C@]3(C)[C@@H]2CC=C2[C@@H]4CC(C)(C)CC[C@]4(C(=O)O)CC[C@]23C)[C@](C)(COC(C)=O)C1OC(C)=O. The van der Waals surface area contributed by atoms with Crippen molar-refractivity contribution in [1.82, 2.24) is 0 Å². The summed E-state index contributed by atoms with van der Waals surface area (Å²) in [6.45, 7) is 17.1. The Labute approximate surface area is 252 Å². The molecule has 10 atom stereocenters. The van der Waals surface area contributed by atoms with Crippen LogP contribution in [0, 0.1) is 50.2 Å². The van der Waals surface area contributed by atoms with Crippen molar-refractivity contribution < 1.29 is 33.7 Å². The summed E-state index contributed by atoms with van der Waals surface area (Å²) in [5.74, 6) is -0.732. The van der Waals surface area contributed by atoms with Gasteiger partial charge in [-0.25, -0.2) is 0 Å². The smallest absolute Gasteiger partial charge is 0.310 e. The summed E-state index contributed by atoms with van der Waals surface area (Å²) >= 11 is 0. The minimum Gasteiger partial charge on any atom is -0.481 e. The van der Waals surface area contributed by atoms with Gasteiger partial charge in [0.1, 0.15) is 12.7 Å². The first-order valence-corrected chi connectivity index (χ1v) is 16.2. The van der Waals surface area contributed by atoms with Crippen molar-refractivity contribution in [1.29, 1.82) is 0 Å². The van der Waals surface area contributed by atoms with Gasteiger partial charge in [-0.1, -0.05) is 53.2 Å². The first-order chi connectivity index (χ1) is 19.4. The van der Waals surface area contributed by atoms with Gasteiger partial charge in [0.15, 0.2) is 0 Å². The highest BCUT2D eigenvalue weighted by Gasteiger charge is 2.71. The molecule has 0 radical (unpaired) electrons. The molecule has 0 aromatic rings. The van der Waals surface area contributed by atoms with Crippen molar-refractivity contribution in [3.63, 3.8) is 0 Å². The van der Waals surface area contributed by atoms with Gasteiger partial charge in [0.25, 0.3) is 0 Å². The van der Waals surface area contributed by atoms with E-state index in [2.05, 4.69) is 47.6 Å². The van der Waals surface area contributed by atoms with E-state index in [-0.39, 0.29) is 58.1 Å². The number of rotatable bonds is 5. The molecule has 2 unspecified atom stereocenters. The van der Waals surface area contributed by atoms with Crippen molar-refractivity contribution in [3.05, 3.63) is 11.6 Å². The first kappa shape index (κ1) is 31.5. The summed E-state index contributed by atoms with van der Waals surface area (Å²) < 4.78 is 17.8. The van der Waals surface area contributed by atoms with E-state index >= 15 is 0 Å². The monoisotopic (exact) mass is 586 g/mol. The van der Waals surface area contributed by atoms with Crippen molar-refractivity contribution in [2.75, 3.05) is 13.7 Å². The second-order valence-electron chi connectivity index (χ2n) is 16.5. The molecule has 0 bridgehead atoms. The van der Waals surface area contributed by atoms with Crippen LogP contribution in [0.3, 0.4) is 0 Å². The number of esters is 2. The minimum atomic E-state index is -0.656. The summed E-state index contributed by atoms with van der Waals surface area (Å²) in [7, 11) is 1.69. The molecule has 1 N–H and O–H groups in total. The van der Waals surface area contributed by atoms with Gasteiger partial charge in [-0.05, 0) is 97.2 Å². The molecule has 236 valence electrons. The van der Waals surface area contributed by atoms with Crippen LogP contribution >= 0.6 is 0 Å². The molecule has 4 saturated carbocycles. The fourth-order valence-electron chi connectivity index (χ4n) is 11.6. The number of aliphatic carboxylic acids is 1. The number of ether oxygens (including phenoxy) is 3. The van der Waals surface area contributed by atoms with Gasteiger partial charge in [0.2, 0.25) is 0 Å². The standard InChI is InChI=1S/C35H54O7/c1-21(36)41-20-32(6)26-12-13-34(8)27(31(26,5)19-25(40-9)28(32)42-22(2)37)11-10-23-24-18-30(3,4)14-16-35(24,29(38)39)17-15-33(23,34)7/h10,24-28H,11-20H2,1-9H3,(H,38,39)/t24-,25?,26+,27+,28?,31-,32-,33+,34+,35-/m0/s1. The number of methoxy groups -OCH3 is 1. The Morgan fingerprint density at radius 2 is 1.57 bits per heavy atom. The quantitative estimate of drug-likeness (QED) is 0.274. The largest absolute Gasteiger partial charge is 0.481 e. The molecule has 5 aliphatic rings. The van der Waals surface area contributed by atoms with Gasteiger partial charge in [-0.15, -0.1) is 0 Å². The third-order valence-corrected chi connectivity index (χ3v) is 13.9. The molecule has 5 rings (SSSR count). The second kappa shape index (κ2) is 10.1. The molecule has 0 amide bonds. The van der Waals surface area contributed by atoms with Crippen molar-refractivity contribution in [2.45, 2.75) is 125 Å². The molecule has 0 heterocycles. The van der Waals surface area contributed by atoms with Crippen LogP contribution in [0.15, 0.2) is 11.6 Å². The third-order valence-electron chi connectivity index (χ3n) is 13.9. The Kier molecular flexibility index (Phi) is 7.56. The molecule has 4 fully saturated rings. The molecule has 0 aromatic heterocycles. The van der Waals surface area contributed by atoms with Crippen molar-refractivity contribution >= 4 is 17.9 Å². The predicted molar refractivity (Wildman–Crippen MR) is 159 cm³/mol. The van der Waals surface area contributed by atoms with Gasteiger partial charge in [-0.2, -0.15) is 0 Å². The number of hydrogen-bond acceptors (Lipinski definition) is 6. The molecule has 0 saturated heterocycles. The minimum absolute atomic E-state index is 0.0243. The lowest BCUT2D eigenvalue weighted by molar-refractivity contribution is -0.255. The molecule has 5 aliphatic carbocycles. The lowest BCUT2D eigenvalue weighted by atomic mass is 9.33. The maximum Gasteiger partial charge on any atom is 0.310 e. The first-order valence-electron chi connectivity index (χ1n) is 16.2. The van der Waals surface area contributed by atoms with Gasteiger partial charge in [0.05, 0.1) is 11.5 Å². The highest BCUT2D eigenvalue weighted by atomic mass is 16.6. The Hall–Kier alpha value is -1.89. The summed E-state index contributed by atoms with van der Waals surface area (Å²) in [6, 6.07) is 0. The zero-order valence-corrected chi connectivity index (χ0v) is 27.4. The number of carboxylic acids is 1. The van der Waals surface area contributed by atoms with E-state index in [9.17, 15) is 19.5 Å². The zero-order chi connectivity index (χ0) is 31.1. The maximum absolute atomic E-state index is 12.9. The van der Waals surface area contributed by atoms with E-state index in [4.69, 9.17) is 14.2 Å². The number of hydrogen-bond donors (Lipinski definition) is 1. The Morgan fingerprint density at radius 3 is 2.17 bits per heavy atom. The maximum atomic E-state index is 12.9. The highest BCUT2D eigenvalue weighted by Crippen LogP contribution is 2.76. The van der Waals surface area contributed by atoms with Crippen molar-refractivity contribution in [2.24, 2.45) is 50.2 Å². The molecule has 7 heteroatoms. The summed E-state index contributed by atoms with van der Waals surface area (Å²) in [5.41, 5.74) is 0.00349. The van der Waals surface area contributed by atoms with Crippen molar-refractivity contribution in [3.8, 4) is 0 Å². The van der Waals surface area contributed by atoms with E-state index in [1.807, 2.05) is 0 Å². The third kappa shape index (κ3) is 4.33. The van der Waals surface area contributed by atoms with Crippen LogP contribution in [0.4, 0.5) is 0 Å². The van der Waals surface area contributed by atoms with E-state index in [1.54, 1.807) is 7.11 Å². The van der Waals surface area contributed by atoms with Crippen LogP contribution in [0.25, 0.3) is 0 Å². The van der Waals surface area contributed by atoms with Gasteiger partial charge >= 0.3 is 17.9 Å². The molecular formula is C35H54O7. The second-order valence-corrected chi connectivity index (χ2v) is 16.5. The van der Waals surface area contributed by atoms with Crippen LogP contribution in [0.1, 0.15) is 113 Å². The number of fused-ring (bicyclic) bond motifs is 7. The van der Waals surface area contributed by atoms with Gasteiger partial charge in [0, 0.05) is 26.4 Å². The lowest BCUT2D eigenvalue weighted by Gasteiger charge is -2.71. The van der Waals surface area contributed by atoms with E-state index in [0.717, 1.165) is 57.8 Å². The lowest BCUT2D eigenvalue weighted by Crippen LogP contribution is -2.69. The fourth-order valence-corrected chi connectivity index (χ4v) is 11.6. The van der Waals surface area contributed by atoms with E-state index in [1.165, 1.54) is 19.4 Å². The summed E-state index contributed by atoms with van der Waals surface area (Å²) in [6.07, 6.45) is 9.50. The van der Waals surface area contributed by atoms with Crippen LogP contribution in [-0.4, -0.2) is 48.9 Å². The summed E-state index contributed by atoms with van der Waals surface area (Å²) in [4.78, 5) is 37.3. The van der Waals surface area contributed by atoms with Crippen LogP contribution < -0.4 is 0 Å². The van der Waals surface area contributed by atoms with E-state index < -0.39 is 22.9 Å². The van der Waals surface area contributed by atoms with Crippen LogP contribution in [-0.2, 0) is 28.6 Å². The molecule has 0 spiro atoms. The molecule has 0 aromatic carbocycles. The number of carboxylic acid groups (broad SMARTS) is 1. The molecule has 7 nitrogen and oxygen atoms in total. The molecule has 0 aliphatic heterocycles. The zero-order valence-electron chi connectivity index (χ0n) is 27.4. The molecular weight excluding hydrogens is 532 g/mol. The Balaban J connectivity index is 1.60. The normalized spacial score (nSPS) is 47.5. The van der Waals surface area contributed by atoms with E-state index in [0.29, 0.717) is 5.92 Å². The number of carbonyl (C=O) groups is 3. The van der Waals surface area contributed by atoms with Gasteiger partial charge in [-0.3, -0.25) is 14.4 Å². The topological polar surface area (TPSA) is 99.1 Å². The number of carbonyl (C=O) groups excluding carboxylic acids is 2. The van der Waals surface area contributed by atoms with Gasteiger partial charge < -0.3 is 19.3 Å². The average molecular weight is 587 g/mol. The Morgan fingerprint density at radius 1 is 0.905 bits per heavy atom. The fraction of sp³-hybridized carbons (Fsp3) is 0.857. The average Bonchev–Trinajstić information content (AvgIpc) is 2.88. The number of allylic oxidation sites excluding steroid dienone is 2. The van der Waals surface area contributed by atoms with Crippen LogP contribution in [0.5, 0.6) is 0 Å². The summed E-state index contributed by atoms with van der Waals surface area (Å²) in [5, 5.41) is 10.6.